The minimum absolute atomic E-state index is 0.161. The van der Waals surface area contributed by atoms with Crippen molar-refractivity contribution in [3.05, 3.63) is 87.9 Å². The largest absolute Gasteiger partial charge is 0.493 e. The summed E-state index contributed by atoms with van der Waals surface area (Å²) in [7, 11) is 0. The Bertz CT molecular complexity index is 1390. The Hall–Kier alpha value is -3.55. The zero-order valence-corrected chi connectivity index (χ0v) is 18.1. The predicted molar refractivity (Wildman–Crippen MR) is 129 cm³/mol. The van der Waals surface area contributed by atoms with E-state index < -0.39 is 0 Å². The van der Waals surface area contributed by atoms with Crippen LogP contribution in [0.25, 0.3) is 22.9 Å². The van der Waals surface area contributed by atoms with Crippen molar-refractivity contribution in [1.29, 1.82) is 0 Å². The van der Waals surface area contributed by atoms with Crippen LogP contribution in [0.15, 0.2) is 82.6 Å². The molecule has 31 heavy (non-hydrogen) atoms. The molecule has 1 aliphatic heterocycles. The van der Waals surface area contributed by atoms with Gasteiger partial charge in [-0.25, -0.2) is 4.98 Å². The average molecular weight is 443 g/mol. The summed E-state index contributed by atoms with van der Waals surface area (Å²) >= 11 is 2.89. The van der Waals surface area contributed by atoms with E-state index in [4.69, 9.17) is 4.99 Å². The number of benzene rings is 2. The normalized spacial score (nSPS) is 14.3. The topological polar surface area (TPSA) is 62.8 Å². The Labute approximate surface area is 187 Å². The average Bonchev–Trinajstić information content (AvgIpc) is 3.50. The molecule has 152 valence electrons. The van der Waals surface area contributed by atoms with E-state index in [2.05, 4.69) is 16.6 Å². The molecule has 0 spiro atoms. The maximum absolute atomic E-state index is 10.9. The zero-order valence-electron chi connectivity index (χ0n) is 16.5. The van der Waals surface area contributed by atoms with E-state index in [0.717, 1.165) is 33.0 Å². The molecule has 5 nitrogen and oxygen atoms in total. The Morgan fingerprint density at radius 2 is 1.90 bits per heavy atom. The van der Waals surface area contributed by atoms with Crippen molar-refractivity contribution in [1.82, 2.24) is 9.55 Å². The molecule has 0 saturated heterocycles. The molecule has 0 atom stereocenters. The van der Waals surface area contributed by atoms with Crippen LogP contribution in [0.1, 0.15) is 10.4 Å². The smallest absolute Gasteiger partial charge is 0.212 e. The molecule has 1 N–H and O–H groups in total. The van der Waals surface area contributed by atoms with Gasteiger partial charge in [0, 0.05) is 34.8 Å². The highest BCUT2D eigenvalue weighted by atomic mass is 32.1. The van der Waals surface area contributed by atoms with E-state index in [-0.39, 0.29) is 5.88 Å². The summed E-state index contributed by atoms with van der Waals surface area (Å²) in [5.74, 6) is 0.161. The predicted octanol–water partition coefficient (Wildman–Crippen LogP) is 6.05. The molecule has 0 saturated carbocycles. The van der Waals surface area contributed by atoms with Crippen LogP contribution in [0.4, 0.5) is 10.8 Å². The number of aliphatic imine (C=N–C) groups is 1. The van der Waals surface area contributed by atoms with Crippen molar-refractivity contribution in [3.63, 3.8) is 0 Å². The van der Waals surface area contributed by atoms with E-state index in [1.165, 1.54) is 22.7 Å². The van der Waals surface area contributed by atoms with Crippen LogP contribution in [0.2, 0.25) is 0 Å². The van der Waals surface area contributed by atoms with Gasteiger partial charge in [0.15, 0.2) is 4.80 Å². The van der Waals surface area contributed by atoms with E-state index in [0.29, 0.717) is 16.5 Å². The first-order valence-corrected chi connectivity index (χ1v) is 11.4. The molecule has 2 aromatic heterocycles. The molecule has 3 heterocycles. The molecule has 4 aromatic rings. The summed E-state index contributed by atoms with van der Waals surface area (Å²) in [5.41, 5.74) is 4.89. The second kappa shape index (κ2) is 8.29. The van der Waals surface area contributed by atoms with Gasteiger partial charge in [-0.15, -0.1) is 17.9 Å². The van der Waals surface area contributed by atoms with Gasteiger partial charge >= 0.3 is 0 Å². The summed E-state index contributed by atoms with van der Waals surface area (Å²) < 4.78 is 1.74. The highest BCUT2D eigenvalue weighted by molar-refractivity contribution is 7.14. The Balaban J connectivity index is 1.56. The van der Waals surface area contributed by atoms with Crippen LogP contribution in [0.5, 0.6) is 5.88 Å². The van der Waals surface area contributed by atoms with Gasteiger partial charge in [0.05, 0.1) is 16.3 Å². The summed E-state index contributed by atoms with van der Waals surface area (Å²) in [6.07, 6.45) is 5.52. The number of hydrogen-bond donors (Lipinski definition) is 1. The van der Waals surface area contributed by atoms with Crippen molar-refractivity contribution in [2.24, 2.45) is 9.98 Å². The maximum atomic E-state index is 10.9. The summed E-state index contributed by atoms with van der Waals surface area (Å²) in [6, 6.07) is 18.0. The Morgan fingerprint density at radius 3 is 2.74 bits per heavy atom. The van der Waals surface area contributed by atoms with Gasteiger partial charge in [-0.3, -0.25) is 9.56 Å². The van der Waals surface area contributed by atoms with Crippen LogP contribution in [-0.2, 0) is 6.54 Å². The lowest BCUT2D eigenvalue weighted by Gasteiger charge is -2.01. The summed E-state index contributed by atoms with van der Waals surface area (Å²) in [5, 5.41) is 13.5. The molecule has 0 radical (unpaired) electrons. The van der Waals surface area contributed by atoms with Gasteiger partial charge < -0.3 is 5.11 Å². The van der Waals surface area contributed by atoms with Gasteiger partial charge in [-0.05, 0) is 12.1 Å². The van der Waals surface area contributed by atoms with Crippen LogP contribution < -0.4 is 4.80 Å². The first-order valence-electron chi connectivity index (χ1n) is 9.67. The van der Waals surface area contributed by atoms with Crippen LogP contribution in [-0.4, -0.2) is 20.9 Å². The number of fused-ring (bicyclic) bond motifs is 1. The number of para-hydroxylation sites is 1. The lowest BCUT2D eigenvalue weighted by atomic mass is 10.1. The van der Waals surface area contributed by atoms with Crippen molar-refractivity contribution in [3.8, 4) is 17.1 Å². The fourth-order valence-electron chi connectivity index (χ4n) is 3.33. The van der Waals surface area contributed by atoms with E-state index in [9.17, 15) is 5.11 Å². The minimum atomic E-state index is 0.161. The third kappa shape index (κ3) is 3.81. The lowest BCUT2D eigenvalue weighted by molar-refractivity contribution is 0.421. The first kappa shape index (κ1) is 19.4. The molecule has 0 amide bonds. The molecular formula is C24H18N4OS2. The van der Waals surface area contributed by atoms with E-state index >= 15 is 0 Å². The standard InChI is InChI=1S/C24H18N4OS2/c1-2-12-28-22(29)21(13-17-14-25-19-11-7-6-10-18(17)19)31-24(28)27-23-26-20(15-30-23)16-8-4-3-5-9-16/h2-11,13-15,29H,1,12H2/b17-13+,27-24+. The zero-order chi connectivity index (χ0) is 21.2. The Kier molecular flexibility index (Phi) is 5.19. The highest BCUT2D eigenvalue weighted by Gasteiger charge is 2.16. The fourth-order valence-corrected chi connectivity index (χ4v) is 5.07. The Morgan fingerprint density at radius 1 is 1.10 bits per heavy atom. The van der Waals surface area contributed by atoms with E-state index in [1.807, 2.05) is 72.3 Å². The molecule has 0 aliphatic carbocycles. The lowest BCUT2D eigenvalue weighted by Crippen LogP contribution is -2.12. The first-order chi connectivity index (χ1) is 15.2. The van der Waals surface area contributed by atoms with Gasteiger partial charge in [0.2, 0.25) is 11.0 Å². The third-order valence-corrected chi connectivity index (χ3v) is 6.57. The molecule has 0 fully saturated rings. The van der Waals surface area contributed by atoms with Gasteiger partial charge in [0.1, 0.15) is 0 Å². The second-order valence-corrected chi connectivity index (χ2v) is 8.69. The molecule has 5 rings (SSSR count). The molecule has 1 aliphatic rings. The molecule has 0 bridgehead atoms. The van der Waals surface area contributed by atoms with Crippen LogP contribution >= 0.6 is 22.7 Å². The van der Waals surface area contributed by atoms with Gasteiger partial charge in [-0.2, -0.15) is 4.99 Å². The SMILES string of the molecule is C=CCn1c(O)c(/C=C2\C=Nc3ccccc32)s/c1=N/c1nc(-c2ccccc2)cs1. The number of nitrogens with zero attached hydrogens (tertiary/aromatic N) is 4. The van der Waals surface area contributed by atoms with Gasteiger partial charge in [0.25, 0.3) is 0 Å². The van der Waals surface area contributed by atoms with Crippen LogP contribution in [0, 0.1) is 0 Å². The molecule has 2 aromatic carbocycles. The number of hydrogen-bond acceptors (Lipinski definition) is 6. The maximum Gasteiger partial charge on any atom is 0.212 e. The summed E-state index contributed by atoms with van der Waals surface area (Å²) in [4.78, 5) is 15.2. The molecular weight excluding hydrogens is 424 g/mol. The van der Waals surface area contributed by atoms with Crippen molar-refractivity contribution < 1.29 is 5.11 Å². The third-order valence-electron chi connectivity index (χ3n) is 4.82. The highest BCUT2D eigenvalue weighted by Crippen LogP contribution is 2.34. The number of thiazole rings is 2. The van der Waals surface area contributed by atoms with Crippen LogP contribution in [0.3, 0.4) is 0 Å². The van der Waals surface area contributed by atoms with Gasteiger partial charge in [-0.1, -0.05) is 65.9 Å². The number of aromatic hydroxyl groups is 1. The minimum Gasteiger partial charge on any atom is -0.493 e. The van der Waals surface area contributed by atoms with Crippen molar-refractivity contribution in [2.75, 3.05) is 0 Å². The second-order valence-electron chi connectivity index (χ2n) is 6.84. The number of rotatable bonds is 5. The number of aromatic nitrogens is 2. The molecule has 0 unspecified atom stereocenters. The van der Waals surface area contributed by atoms with Crippen molar-refractivity contribution in [2.45, 2.75) is 6.54 Å². The monoisotopic (exact) mass is 442 g/mol. The van der Waals surface area contributed by atoms with E-state index in [1.54, 1.807) is 10.6 Å². The quantitative estimate of drug-likeness (QED) is 0.382. The van der Waals surface area contributed by atoms with Crippen molar-refractivity contribution >= 4 is 51.4 Å². The summed E-state index contributed by atoms with van der Waals surface area (Å²) in [6.45, 7) is 4.26. The molecule has 7 heteroatoms. The number of allylic oxidation sites excluding steroid dienone is 2. The fraction of sp³-hybridized carbons (Fsp3) is 0.0417.